The van der Waals surface area contributed by atoms with E-state index in [0.29, 0.717) is 5.92 Å². The third-order valence-electron chi connectivity index (χ3n) is 4.03. The summed E-state index contributed by atoms with van der Waals surface area (Å²) in [4.78, 5) is 0. The van der Waals surface area contributed by atoms with Gasteiger partial charge in [0.25, 0.3) is 0 Å². The summed E-state index contributed by atoms with van der Waals surface area (Å²) in [5.41, 5.74) is 2.66. The number of piperidine rings is 1. The number of nitrogens with one attached hydrogen (secondary N) is 1. The molecule has 1 aromatic carbocycles. The van der Waals surface area contributed by atoms with Gasteiger partial charge in [-0.25, -0.2) is 0 Å². The molecule has 1 aromatic heterocycles. The molecule has 1 saturated heterocycles. The van der Waals surface area contributed by atoms with Crippen LogP contribution in [0.5, 0.6) is 5.75 Å². The van der Waals surface area contributed by atoms with Crippen molar-refractivity contribution in [1.82, 2.24) is 9.88 Å². The Morgan fingerprint density at radius 3 is 2.78 bits per heavy atom. The highest BCUT2D eigenvalue weighted by Gasteiger charge is 2.20. The van der Waals surface area contributed by atoms with E-state index in [-0.39, 0.29) is 0 Å². The smallest absolute Gasteiger partial charge is 0.143 e. The van der Waals surface area contributed by atoms with Gasteiger partial charge in [0.05, 0.1) is 12.6 Å². The van der Waals surface area contributed by atoms with Crippen LogP contribution in [-0.4, -0.2) is 24.8 Å². The van der Waals surface area contributed by atoms with E-state index in [2.05, 4.69) is 35.1 Å². The predicted molar refractivity (Wildman–Crippen MR) is 74.3 cm³/mol. The molecule has 0 atom stereocenters. The Morgan fingerprint density at radius 1 is 1.28 bits per heavy atom. The van der Waals surface area contributed by atoms with E-state index < -0.39 is 0 Å². The second-order valence-electron chi connectivity index (χ2n) is 5.05. The fourth-order valence-electron chi connectivity index (χ4n) is 3.07. The Hall–Kier alpha value is -1.48. The first-order chi connectivity index (χ1) is 8.81. The van der Waals surface area contributed by atoms with Gasteiger partial charge in [-0.15, -0.1) is 0 Å². The Morgan fingerprint density at radius 2 is 2.06 bits per heavy atom. The number of para-hydroxylation sites is 1. The number of rotatable bonds is 2. The minimum Gasteiger partial charge on any atom is -0.495 e. The quantitative estimate of drug-likeness (QED) is 0.879. The molecule has 0 spiro atoms. The van der Waals surface area contributed by atoms with E-state index in [1.54, 1.807) is 7.11 Å². The van der Waals surface area contributed by atoms with E-state index in [0.717, 1.165) is 18.8 Å². The van der Waals surface area contributed by atoms with Crippen LogP contribution in [0.25, 0.3) is 10.9 Å². The molecule has 0 saturated carbocycles. The fraction of sp³-hybridized carbons (Fsp3) is 0.467. The summed E-state index contributed by atoms with van der Waals surface area (Å²) < 4.78 is 7.79. The third kappa shape index (κ3) is 1.79. The highest BCUT2D eigenvalue weighted by molar-refractivity contribution is 5.87. The molecule has 0 amide bonds. The molecule has 0 radical (unpaired) electrons. The van der Waals surface area contributed by atoms with Crippen LogP contribution in [0, 0.1) is 0 Å². The van der Waals surface area contributed by atoms with E-state index in [1.165, 1.54) is 29.4 Å². The van der Waals surface area contributed by atoms with Crippen molar-refractivity contribution in [2.24, 2.45) is 7.05 Å². The molecule has 2 aromatic rings. The standard InChI is InChI=1S/C15H20N2O/c1-17-13(11-6-8-16-9-7-11)10-12-4-3-5-14(18-2)15(12)17/h3-5,10-11,16H,6-9H2,1-2H3. The maximum Gasteiger partial charge on any atom is 0.143 e. The minimum atomic E-state index is 0.674. The lowest BCUT2D eigenvalue weighted by atomic mass is 9.94. The molecule has 96 valence electrons. The van der Waals surface area contributed by atoms with Crippen LogP contribution < -0.4 is 10.1 Å². The Labute approximate surface area is 108 Å². The van der Waals surface area contributed by atoms with Crippen LogP contribution >= 0.6 is 0 Å². The van der Waals surface area contributed by atoms with Crippen molar-refractivity contribution in [2.75, 3.05) is 20.2 Å². The third-order valence-corrected chi connectivity index (χ3v) is 4.03. The zero-order valence-corrected chi connectivity index (χ0v) is 11.1. The van der Waals surface area contributed by atoms with Gasteiger partial charge in [-0.05, 0) is 38.1 Å². The summed E-state index contributed by atoms with van der Waals surface area (Å²) in [5.74, 6) is 1.64. The molecule has 1 aliphatic rings. The zero-order chi connectivity index (χ0) is 12.5. The Kier molecular flexibility index (Phi) is 3.00. The summed E-state index contributed by atoms with van der Waals surface area (Å²) in [6, 6.07) is 8.60. The highest BCUT2D eigenvalue weighted by atomic mass is 16.5. The van der Waals surface area contributed by atoms with Crippen molar-refractivity contribution < 1.29 is 4.74 Å². The molecule has 3 rings (SSSR count). The topological polar surface area (TPSA) is 26.2 Å². The SMILES string of the molecule is COc1cccc2cc(C3CCNCC3)n(C)c12. The lowest BCUT2D eigenvalue weighted by molar-refractivity contribution is 0.416. The number of hydrogen-bond acceptors (Lipinski definition) is 2. The van der Waals surface area contributed by atoms with Gasteiger partial charge < -0.3 is 14.6 Å². The van der Waals surface area contributed by atoms with Crippen LogP contribution in [0.2, 0.25) is 0 Å². The van der Waals surface area contributed by atoms with Crippen LogP contribution in [0.4, 0.5) is 0 Å². The predicted octanol–water partition coefficient (Wildman–Crippen LogP) is 2.65. The number of hydrogen-bond donors (Lipinski definition) is 1. The molecular formula is C15H20N2O. The summed E-state index contributed by atoms with van der Waals surface area (Å²) in [6.07, 6.45) is 2.46. The van der Waals surface area contributed by atoms with Gasteiger partial charge in [-0.2, -0.15) is 0 Å². The van der Waals surface area contributed by atoms with E-state index in [1.807, 2.05) is 6.07 Å². The summed E-state index contributed by atoms with van der Waals surface area (Å²) in [5, 5.41) is 4.71. The maximum absolute atomic E-state index is 5.48. The number of methoxy groups -OCH3 is 1. The Balaban J connectivity index is 2.10. The summed E-state index contributed by atoms with van der Waals surface area (Å²) >= 11 is 0. The number of fused-ring (bicyclic) bond motifs is 1. The molecule has 2 heterocycles. The first-order valence-electron chi connectivity index (χ1n) is 6.64. The van der Waals surface area contributed by atoms with E-state index >= 15 is 0 Å². The molecule has 18 heavy (non-hydrogen) atoms. The number of ether oxygens (including phenoxy) is 1. The first kappa shape index (κ1) is 11.6. The number of aryl methyl sites for hydroxylation is 1. The second kappa shape index (κ2) is 4.65. The van der Waals surface area contributed by atoms with Gasteiger partial charge in [0.1, 0.15) is 5.75 Å². The largest absolute Gasteiger partial charge is 0.495 e. The Bertz CT molecular complexity index is 553. The van der Waals surface area contributed by atoms with Gasteiger partial charge >= 0.3 is 0 Å². The van der Waals surface area contributed by atoms with E-state index in [4.69, 9.17) is 4.74 Å². The van der Waals surface area contributed by atoms with Crippen molar-refractivity contribution in [3.8, 4) is 5.75 Å². The van der Waals surface area contributed by atoms with Crippen LogP contribution in [-0.2, 0) is 7.05 Å². The normalized spacial score (nSPS) is 17.2. The van der Waals surface area contributed by atoms with Gasteiger partial charge in [0, 0.05) is 24.0 Å². The first-order valence-corrected chi connectivity index (χ1v) is 6.64. The van der Waals surface area contributed by atoms with Crippen molar-refractivity contribution in [3.63, 3.8) is 0 Å². The molecule has 1 N–H and O–H groups in total. The average Bonchev–Trinajstić information content (AvgIpc) is 2.77. The number of nitrogens with zero attached hydrogens (tertiary/aromatic N) is 1. The zero-order valence-electron chi connectivity index (χ0n) is 11.1. The average molecular weight is 244 g/mol. The monoisotopic (exact) mass is 244 g/mol. The van der Waals surface area contributed by atoms with Gasteiger partial charge in [0.2, 0.25) is 0 Å². The van der Waals surface area contributed by atoms with Crippen molar-refractivity contribution in [2.45, 2.75) is 18.8 Å². The van der Waals surface area contributed by atoms with Crippen molar-refractivity contribution in [3.05, 3.63) is 30.0 Å². The highest BCUT2D eigenvalue weighted by Crippen LogP contribution is 2.33. The van der Waals surface area contributed by atoms with Crippen LogP contribution in [0.1, 0.15) is 24.5 Å². The van der Waals surface area contributed by atoms with Gasteiger partial charge in [0.15, 0.2) is 0 Å². The molecule has 1 aliphatic heterocycles. The molecule has 3 heteroatoms. The minimum absolute atomic E-state index is 0.674. The molecule has 0 aliphatic carbocycles. The molecular weight excluding hydrogens is 224 g/mol. The molecule has 0 bridgehead atoms. The number of aromatic nitrogens is 1. The van der Waals surface area contributed by atoms with Crippen LogP contribution in [0.15, 0.2) is 24.3 Å². The summed E-state index contributed by atoms with van der Waals surface area (Å²) in [6.45, 7) is 2.26. The molecule has 0 unspecified atom stereocenters. The second-order valence-corrected chi connectivity index (χ2v) is 5.05. The summed E-state index contributed by atoms with van der Waals surface area (Å²) in [7, 11) is 3.90. The van der Waals surface area contributed by atoms with E-state index in [9.17, 15) is 0 Å². The van der Waals surface area contributed by atoms with Gasteiger partial charge in [-0.3, -0.25) is 0 Å². The number of benzene rings is 1. The lowest BCUT2D eigenvalue weighted by Crippen LogP contribution is -2.27. The van der Waals surface area contributed by atoms with Crippen molar-refractivity contribution >= 4 is 10.9 Å². The fourth-order valence-corrected chi connectivity index (χ4v) is 3.07. The lowest BCUT2D eigenvalue weighted by Gasteiger charge is -2.23. The van der Waals surface area contributed by atoms with Gasteiger partial charge in [-0.1, -0.05) is 12.1 Å². The maximum atomic E-state index is 5.48. The molecule has 3 nitrogen and oxygen atoms in total. The van der Waals surface area contributed by atoms with Crippen LogP contribution in [0.3, 0.4) is 0 Å². The molecule has 1 fully saturated rings. The van der Waals surface area contributed by atoms with Crippen molar-refractivity contribution in [1.29, 1.82) is 0 Å².